The Kier molecular flexibility index (Phi) is 5.26. The minimum atomic E-state index is -0.163. The molecule has 1 N–H and O–H groups in total. The molecule has 1 aromatic rings. The number of halogens is 1. The van der Waals surface area contributed by atoms with Gasteiger partial charge in [0.15, 0.2) is 0 Å². The summed E-state index contributed by atoms with van der Waals surface area (Å²) in [7, 11) is 3.52. The lowest BCUT2D eigenvalue weighted by molar-refractivity contribution is 0.158. The van der Waals surface area contributed by atoms with Crippen molar-refractivity contribution in [2.45, 2.75) is 52.0 Å². The molecule has 2 rings (SSSR count). The van der Waals surface area contributed by atoms with Crippen molar-refractivity contribution in [3.05, 3.63) is 29.6 Å². The van der Waals surface area contributed by atoms with Gasteiger partial charge in [-0.25, -0.2) is 4.39 Å². The summed E-state index contributed by atoms with van der Waals surface area (Å²) >= 11 is 0. The van der Waals surface area contributed by atoms with Crippen molar-refractivity contribution in [3.8, 4) is 5.75 Å². The number of benzene rings is 1. The van der Waals surface area contributed by atoms with Gasteiger partial charge in [0.1, 0.15) is 11.6 Å². The van der Waals surface area contributed by atoms with Crippen LogP contribution in [0.5, 0.6) is 5.75 Å². The smallest absolute Gasteiger partial charge is 0.131 e. The Bertz CT molecular complexity index is 466. The first-order valence-corrected chi connectivity index (χ1v) is 8.03. The Hall–Kier alpha value is -1.09. The van der Waals surface area contributed by atoms with E-state index in [4.69, 9.17) is 4.74 Å². The Balaban J connectivity index is 2.36. The van der Waals surface area contributed by atoms with Crippen LogP contribution < -0.4 is 10.1 Å². The van der Waals surface area contributed by atoms with Gasteiger partial charge in [0.2, 0.25) is 0 Å². The highest BCUT2D eigenvalue weighted by molar-refractivity contribution is 5.32. The lowest BCUT2D eigenvalue weighted by atomic mass is 9.70. The first-order chi connectivity index (χ1) is 10.0. The zero-order chi connectivity index (χ0) is 15.5. The molecule has 1 fully saturated rings. The van der Waals surface area contributed by atoms with Crippen LogP contribution in [0.3, 0.4) is 0 Å². The fraction of sp³-hybridized carbons (Fsp3) is 0.667. The van der Waals surface area contributed by atoms with Gasteiger partial charge in [-0.3, -0.25) is 0 Å². The molecule has 1 saturated carbocycles. The van der Waals surface area contributed by atoms with Crippen molar-refractivity contribution in [2.75, 3.05) is 14.2 Å². The van der Waals surface area contributed by atoms with Crippen LogP contribution in [0.4, 0.5) is 4.39 Å². The van der Waals surface area contributed by atoms with Crippen LogP contribution in [-0.2, 0) is 0 Å². The van der Waals surface area contributed by atoms with Crippen LogP contribution >= 0.6 is 0 Å². The second-order valence-electron chi connectivity index (χ2n) is 6.78. The molecule has 1 aromatic carbocycles. The van der Waals surface area contributed by atoms with E-state index >= 15 is 0 Å². The quantitative estimate of drug-likeness (QED) is 0.820. The summed E-state index contributed by atoms with van der Waals surface area (Å²) in [5.41, 5.74) is 0.957. The van der Waals surface area contributed by atoms with E-state index < -0.39 is 0 Å². The minimum Gasteiger partial charge on any atom is -0.497 e. The summed E-state index contributed by atoms with van der Waals surface area (Å²) in [4.78, 5) is 0. The lowest BCUT2D eigenvalue weighted by Gasteiger charge is -2.39. The first kappa shape index (κ1) is 16.3. The summed E-state index contributed by atoms with van der Waals surface area (Å²) in [6.45, 7) is 4.52. The van der Waals surface area contributed by atoms with Crippen molar-refractivity contribution < 1.29 is 9.13 Å². The first-order valence-electron chi connectivity index (χ1n) is 8.03. The summed E-state index contributed by atoms with van der Waals surface area (Å²) in [5.74, 6) is 1.04. The second-order valence-corrected chi connectivity index (χ2v) is 6.78. The van der Waals surface area contributed by atoms with E-state index in [0.29, 0.717) is 11.7 Å². The molecule has 0 aliphatic heterocycles. The normalized spacial score (nSPS) is 19.0. The van der Waals surface area contributed by atoms with Crippen molar-refractivity contribution in [2.24, 2.45) is 11.3 Å². The zero-order valence-corrected chi connectivity index (χ0v) is 13.7. The van der Waals surface area contributed by atoms with Crippen LogP contribution in [0.25, 0.3) is 0 Å². The van der Waals surface area contributed by atoms with E-state index in [-0.39, 0.29) is 17.3 Å². The Morgan fingerprint density at radius 1 is 1.29 bits per heavy atom. The third-order valence-electron chi connectivity index (χ3n) is 4.83. The third-order valence-corrected chi connectivity index (χ3v) is 4.83. The maximum atomic E-state index is 14.5. The molecule has 21 heavy (non-hydrogen) atoms. The Morgan fingerprint density at radius 3 is 2.43 bits per heavy atom. The Labute approximate surface area is 128 Å². The highest BCUT2D eigenvalue weighted by Gasteiger charge is 2.42. The van der Waals surface area contributed by atoms with Gasteiger partial charge in [-0.05, 0) is 43.7 Å². The van der Waals surface area contributed by atoms with E-state index in [0.717, 1.165) is 12.0 Å². The van der Waals surface area contributed by atoms with Crippen LogP contribution in [0.2, 0.25) is 0 Å². The van der Waals surface area contributed by atoms with Gasteiger partial charge in [-0.1, -0.05) is 32.8 Å². The fourth-order valence-electron chi connectivity index (χ4n) is 4.16. The van der Waals surface area contributed by atoms with Gasteiger partial charge in [0.05, 0.1) is 7.11 Å². The fourth-order valence-corrected chi connectivity index (χ4v) is 4.16. The van der Waals surface area contributed by atoms with E-state index in [9.17, 15) is 4.39 Å². The SMILES string of the molecule is CNC(c1ccc(OC)cc1F)C1(CC(C)C)CCCC1. The van der Waals surface area contributed by atoms with Crippen molar-refractivity contribution in [1.82, 2.24) is 5.32 Å². The van der Waals surface area contributed by atoms with Crippen molar-refractivity contribution >= 4 is 0 Å². The minimum absolute atomic E-state index is 0.0771. The maximum Gasteiger partial charge on any atom is 0.131 e. The molecule has 0 bridgehead atoms. The molecule has 1 aliphatic rings. The third kappa shape index (κ3) is 3.39. The largest absolute Gasteiger partial charge is 0.497 e. The molecule has 0 radical (unpaired) electrons. The highest BCUT2D eigenvalue weighted by atomic mass is 19.1. The van der Waals surface area contributed by atoms with Crippen LogP contribution in [-0.4, -0.2) is 14.2 Å². The average Bonchev–Trinajstić information content (AvgIpc) is 2.89. The van der Waals surface area contributed by atoms with Gasteiger partial charge in [0, 0.05) is 17.7 Å². The molecule has 118 valence electrons. The molecular weight excluding hydrogens is 265 g/mol. The number of rotatable bonds is 6. The Morgan fingerprint density at radius 2 is 1.95 bits per heavy atom. The van der Waals surface area contributed by atoms with E-state index in [1.807, 2.05) is 19.2 Å². The average molecular weight is 293 g/mol. The summed E-state index contributed by atoms with van der Waals surface area (Å²) < 4.78 is 19.6. The van der Waals surface area contributed by atoms with Gasteiger partial charge in [-0.15, -0.1) is 0 Å². The second kappa shape index (κ2) is 6.78. The van der Waals surface area contributed by atoms with Crippen LogP contribution in [0, 0.1) is 17.2 Å². The molecule has 3 heteroatoms. The number of nitrogens with one attached hydrogen (secondary N) is 1. The number of hydrogen-bond acceptors (Lipinski definition) is 2. The highest BCUT2D eigenvalue weighted by Crippen LogP contribution is 2.52. The molecule has 2 nitrogen and oxygen atoms in total. The predicted molar refractivity (Wildman–Crippen MR) is 85.1 cm³/mol. The molecular formula is C18H28FNO. The van der Waals surface area contributed by atoms with Gasteiger partial charge < -0.3 is 10.1 Å². The zero-order valence-electron chi connectivity index (χ0n) is 13.7. The van der Waals surface area contributed by atoms with Crippen LogP contribution in [0.15, 0.2) is 18.2 Å². The van der Waals surface area contributed by atoms with Crippen molar-refractivity contribution in [3.63, 3.8) is 0 Å². The molecule has 0 saturated heterocycles. The van der Waals surface area contributed by atoms with Crippen LogP contribution in [0.1, 0.15) is 57.6 Å². The molecule has 0 amide bonds. The number of ether oxygens (including phenoxy) is 1. The molecule has 0 spiro atoms. The molecule has 0 heterocycles. The lowest BCUT2D eigenvalue weighted by Crippen LogP contribution is -2.36. The standard InChI is InChI=1S/C18H28FNO/c1-13(2)12-18(9-5-6-10-18)17(20-3)15-8-7-14(21-4)11-16(15)19/h7-8,11,13,17,20H,5-6,9-10,12H2,1-4H3. The summed E-state index contributed by atoms with van der Waals surface area (Å²) in [6, 6.07) is 5.32. The molecule has 1 unspecified atom stereocenters. The summed E-state index contributed by atoms with van der Waals surface area (Å²) in [5, 5.41) is 3.40. The number of hydrogen-bond donors (Lipinski definition) is 1. The molecule has 0 aromatic heterocycles. The van der Waals surface area contributed by atoms with Crippen molar-refractivity contribution in [1.29, 1.82) is 0 Å². The topological polar surface area (TPSA) is 21.3 Å². The maximum absolute atomic E-state index is 14.5. The van der Waals surface area contributed by atoms with E-state index in [1.54, 1.807) is 7.11 Å². The predicted octanol–water partition coefficient (Wildman–Crippen LogP) is 4.70. The van der Waals surface area contributed by atoms with E-state index in [2.05, 4.69) is 19.2 Å². The van der Waals surface area contributed by atoms with Gasteiger partial charge >= 0.3 is 0 Å². The monoisotopic (exact) mass is 293 g/mol. The van der Waals surface area contributed by atoms with E-state index in [1.165, 1.54) is 31.7 Å². The molecule has 1 atom stereocenters. The summed E-state index contributed by atoms with van der Waals surface area (Å²) in [6.07, 6.45) is 6.01. The van der Waals surface area contributed by atoms with Gasteiger partial charge in [0.25, 0.3) is 0 Å². The number of methoxy groups -OCH3 is 1. The van der Waals surface area contributed by atoms with Gasteiger partial charge in [-0.2, -0.15) is 0 Å². The molecule has 1 aliphatic carbocycles.